The van der Waals surface area contributed by atoms with Crippen LogP contribution in [0.4, 0.5) is 5.69 Å². The Balaban J connectivity index is 2.89. The van der Waals surface area contributed by atoms with E-state index >= 15 is 0 Å². The first-order chi connectivity index (χ1) is 9.15. The molecule has 0 atom stereocenters. The molecule has 0 bridgehead atoms. The molecule has 0 saturated carbocycles. The van der Waals surface area contributed by atoms with Gasteiger partial charge in [0.15, 0.2) is 0 Å². The lowest BCUT2D eigenvalue weighted by atomic mass is 10.0. The van der Waals surface area contributed by atoms with E-state index in [2.05, 4.69) is 58.9 Å². The maximum Gasteiger partial charge on any atom is 0.283 e. The predicted octanol–water partition coefficient (Wildman–Crippen LogP) is 2.41. The zero-order valence-corrected chi connectivity index (χ0v) is 14.8. The van der Waals surface area contributed by atoms with Crippen molar-refractivity contribution in [1.29, 1.82) is 0 Å². The van der Waals surface area contributed by atoms with Gasteiger partial charge in [0.05, 0.1) is 11.9 Å². The zero-order valence-electron chi connectivity index (χ0n) is 13.2. The number of aromatic nitrogens is 2. The molecule has 20 heavy (non-hydrogen) atoms. The number of nitrogens with zero attached hydrogens (tertiary/aromatic N) is 3. The monoisotopic (exact) mass is 344 g/mol. The Labute approximate surface area is 129 Å². The summed E-state index contributed by atoms with van der Waals surface area (Å²) in [6, 6.07) is 0. The smallest absolute Gasteiger partial charge is 0.283 e. The lowest BCUT2D eigenvalue weighted by Gasteiger charge is -2.33. The number of rotatable bonds is 6. The van der Waals surface area contributed by atoms with Gasteiger partial charge in [-0.05, 0) is 49.8 Å². The second-order valence-electron chi connectivity index (χ2n) is 6.31. The highest BCUT2D eigenvalue weighted by atomic mass is 79.9. The normalized spacial score (nSPS) is 12.2. The summed E-state index contributed by atoms with van der Waals surface area (Å²) < 4.78 is 2.04. The van der Waals surface area contributed by atoms with Crippen molar-refractivity contribution < 1.29 is 0 Å². The molecule has 0 amide bonds. The van der Waals surface area contributed by atoms with Crippen LogP contribution in [0.3, 0.4) is 0 Å². The lowest BCUT2D eigenvalue weighted by Crippen LogP contribution is -2.44. The molecule has 1 heterocycles. The van der Waals surface area contributed by atoms with Gasteiger partial charge in [-0.25, -0.2) is 4.68 Å². The van der Waals surface area contributed by atoms with Crippen molar-refractivity contribution in [3.63, 3.8) is 0 Å². The van der Waals surface area contributed by atoms with Crippen LogP contribution in [-0.4, -0.2) is 40.9 Å². The number of hydrogen-bond donors (Lipinski definition) is 1. The van der Waals surface area contributed by atoms with Gasteiger partial charge in [-0.15, -0.1) is 0 Å². The van der Waals surface area contributed by atoms with E-state index < -0.39 is 0 Å². The Kier molecular flexibility index (Phi) is 5.77. The van der Waals surface area contributed by atoms with Gasteiger partial charge in [-0.2, -0.15) is 5.10 Å². The molecule has 0 aromatic carbocycles. The van der Waals surface area contributed by atoms with Crippen molar-refractivity contribution >= 4 is 21.6 Å². The van der Waals surface area contributed by atoms with Crippen LogP contribution in [-0.2, 0) is 6.54 Å². The first kappa shape index (κ1) is 17.2. The summed E-state index contributed by atoms with van der Waals surface area (Å²) in [5.41, 5.74) is 0.642. The van der Waals surface area contributed by atoms with E-state index in [1.807, 2.05) is 14.1 Å². The average molecular weight is 345 g/mol. The first-order valence-corrected chi connectivity index (χ1v) is 7.61. The van der Waals surface area contributed by atoms with E-state index in [1.165, 1.54) is 4.68 Å². The fourth-order valence-corrected chi connectivity index (χ4v) is 1.98. The largest absolute Gasteiger partial charge is 0.381 e. The van der Waals surface area contributed by atoms with Crippen LogP contribution >= 0.6 is 15.9 Å². The van der Waals surface area contributed by atoms with Crippen LogP contribution in [0.5, 0.6) is 0 Å². The summed E-state index contributed by atoms with van der Waals surface area (Å²) in [6.07, 6.45) is 1.71. The molecule has 0 radical (unpaired) electrons. The second kappa shape index (κ2) is 6.72. The molecule has 0 aliphatic heterocycles. The molecule has 1 aromatic rings. The quantitative estimate of drug-likeness (QED) is 0.860. The van der Waals surface area contributed by atoms with Crippen molar-refractivity contribution in [1.82, 2.24) is 14.7 Å². The van der Waals surface area contributed by atoms with E-state index in [4.69, 9.17) is 0 Å². The van der Waals surface area contributed by atoms with E-state index in [9.17, 15) is 4.79 Å². The fraction of sp³-hybridized carbons (Fsp3) is 0.714. The molecule has 1 rings (SSSR count). The third kappa shape index (κ3) is 4.31. The molecule has 0 fully saturated rings. The molecule has 6 heteroatoms. The van der Waals surface area contributed by atoms with E-state index in [0.717, 1.165) is 12.2 Å². The summed E-state index contributed by atoms with van der Waals surface area (Å²) >= 11 is 3.38. The number of likely N-dealkylation sites (N-methyl/N-ethyl adjacent to an activating group) is 1. The highest BCUT2D eigenvalue weighted by molar-refractivity contribution is 9.10. The van der Waals surface area contributed by atoms with Crippen molar-refractivity contribution in [2.75, 3.05) is 26.0 Å². The summed E-state index contributed by atoms with van der Waals surface area (Å²) in [4.78, 5) is 14.3. The Bertz CT molecular complexity index is 508. The summed E-state index contributed by atoms with van der Waals surface area (Å²) in [6.45, 7) is 9.76. The molecule has 0 aliphatic rings. The minimum Gasteiger partial charge on any atom is -0.381 e. The third-order valence-corrected chi connectivity index (χ3v) is 4.21. The van der Waals surface area contributed by atoms with Crippen LogP contribution in [0.15, 0.2) is 15.5 Å². The van der Waals surface area contributed by atoms with E-state index in [1.54, 1.807) is 6.20 Å². The Morgan fingerprint density at radius 2 is 2.05 bits per heavy atom. The highest BCUT2D eigenvalue weighted by Gasteiger charge is 2.21. The molecular weight excluding hydrogens is 320 g/mol. The summed E-state index contributed by atoms with van der Waals surface area (Å²) in [7, 11) is 4.07. The lowest BCUT2D eigenvalue weighted by molar-refractivity contribution is 0.210. The fourth-order valence-electron chi connectivity index (χ4n) is 1.53. The molecule has 0 spiro atoms. The van der Waals surface area contributed by atoms with Crippen molar-refractivity contribution in [3.8, 4) is 0 Å². The molecule has 5 nitrogen and oxygen atoms in total. The van der Waals surface area contributed by atoms with Gasteiger partial charge in [0.25, 0.3) is 5.56 Å². The van der Waals surface area contributed by atoms with Crippen LogP contribution in [0, 0.1) is 5.92 Å². The minimum absolute atomic E-state index is 0.00770. The van der Waals surface area contributed by atoms with Gasteiger partial charge in [0.1, 0.15) is 4.47 Å². The Morgan fingerprint density at radius 3 is 2.55 bits per heavy atom. The van der Waals surface area contributed by atoms with Gasteiger partial charge in [0, 0.05) is 18.6 Å². The van der Waals surface area contributed by atoms with Gasteiger partial charge in [0.2, 0.25) is 0 Å². The number of hydrogen-bond acceptors (Lipinski definition) is 4. The molecule has 1 N–H and O–H groups in total. The number of anilines is 1. The molecule has 114 valence electrons. The maximum absolute atomic E-state index is 12.2. The van der Waals surface area contributed by atoms with Crippen LogP contribution < -0.4 is 10.9 Å². The van der Waals surface area contributed by atoms with E-state index in [-0.39, 0.29) is 11.1 Å². The Hall–Kier alpha value is -0.880. The molecule has 1 aromatic heterocycles. The van der Waals surface area contributed by atoms with Gasteiger partial charge < -0.3 is 10.2 Å². The summed E-state index contributed by atoms with van der Waals surface area (Å²) in [5.74, 6) is 0.388. The van der Waals surface area contributed by atoms with Gasteiger partial charge in [-0.1, -0.05) is 13.8 Å². The number of nitrogens with one attached hydrogen (secondary N) is 1. The first-order valence-electron chi connectivity index (χ1n) is 6.82. The molecular formula is C14H25BrN4O. The number of halogens is 1. The van der Waals surface area contributed by atoms with E-state index in [0.29, 0.717) is 16.9 Å². The van der Waals surface area contributed by atoms with Crippen molar-refractivity contribution in [2.45, 2.75) is 39.8 Å². The second-order valence-corrected chi connectivity index (χ2v) is 7.11. The van der Waals surface area contributed by atoms with Crippen LogP contribution in [0.2, 0.25) is 0 Å². The van der Waals surface area contributed by atoms with Gasteiger partial charge in [-0.3, -0.25) is 4.79 Å². The SMILES string of the molecule is CC(C)Cn1ncc(NCC(C)(C)N(C)C)c(Br)c1=O. The molecule has 0 saturated heterocycles. The van der Waals surface area contributed by atoms with Crippen LogP contribution in [0.25, 0.3) is 0 Å². The van der Waals surface area contributed by atoms with Crippen LogP contribution in [0.1, 0.15) is 27.7 Å². The average Bonchev–Trinajstić information content (AvgIpc) is 2.33. The topological polar surface area (TPSA) is 50.2 Å². The highest BCUT2D eigenvalue weighted by Crippen LogP contribution is 2.18. The zero-order chi connectivity index (χ0) is 15.5. The minimum atomic E-state index is -0.0913. The Morgan fingerprint density at radius 1 is 1.45 bits per heavy atom. The predicted molar refractivity (Wildman–Crippen MR) is 87.3 cm³/mol. The van der Waals surface area contributed by atoms with Gasteiger partial charge >= 0.3 is 0 Å². The standard InChI is InChI=1S/C14H25BrN4O/c1-10(2)8-19-13(20)12(15)11(7-17-19)16-9-14(3,4)18(5)6/h7,10,16H,8-9H2,1-6H3. The van der Waals surface area contributed by atoms with Crippen molar-refractivity contribution in [2.24, 2.45) is 5.92 Å². The molecule has 0 unspecified atom stereocenters. The summed E-state index contributed by atoms with van der Waals surface area (Å²) in [5, 5.41) is 7.51. The maximum atomic E-state index is 12.2. The molecule has 0 aliphatic carbocycles. The third-order valence-electron chi connectivity index (χ3n) is 3.45. The van der Waals surface area contributed by atoms with Crippen molar-refractivity contribution in [3.05, 3.63) is 21.0 Å².